The summed E-state index contributed by atoms with van der Waals surface area (Å²) >= 11 is 0. The zero-order chi connectivity index (χ0) is 36.9. The number of pyridine rings is 1. The molecule has 2 unspecified atom stereocenters. The fourth-order valence-electron chi connectivity index (χ4n) is 7.48. The van der Waals surface area contributed by atoms with Crippen molar-refractivity contribution in [3.05, 3.63) is 91.4 Å². The van der Waals surface area contributed by atoms with Gasteiger partial charge in [-0.2, -0.15) is 13.2 Å². The summed E-state index contributed by atoms with van der Waals surface area (Å²) in [6, 6.07) is 2.42. The normalized spacial score (nSPS) is 16.7. The summed E-state index contributed by atoms with van der Waals surface area (Å²) in [6.45, 7) is 12.3. The maximum atomic E-state index is 16.5. The number of carbonyl (C=O) groups excluding carboxylic acids is 1. The van der Waals surface area contributed by atoms with E-state index in [1.165, 1.54) is 13.0 Å². The standard InChI is InChI=1S/C38H44F5N3O4/c1-20(2)11-29(46-17-25(27(15-30(46)47)38(41,42)43)7-10-45-18-37(19-45)8-9-37)36(50)44-28(16-31(48)49)33-34(39)24(6)14-26(35(33)40)32-22(4)12-21(3)13-23(32)5/h12-15,17,20,28-29H,7-11,16,18-19H2,1-6H3,(H,44,50)(H,48,49). The molecule has 2 atom stereocenters. The summed E-state index contributed by atoms with van der Waals surface area (Å²) in [4.78, 5) is 41.5. The molecule has 1 spiro atoms. The number of amides is 1. The van der Waals surface area contributed by atoms with Gasteiger partial charge in [0.2, 0.25) is 5.91 Å². The first kappa shape index (κ1) is 37.2. The second-order valence-electron chi connectivity index (χ2n) is 14.8. The van der Waals surface area contributed by atoms with E-state index in [0.29, 0.717) is 34.7 Å². The van der Waals surface area contributed by atoms with Crippen molar-refractivity contribution in [2.45, 2.75) is 91.9 Å². The molecule has 1 aromatic heterocycles. The van der Waals surface area contributed by atoms with Crippen LogP contribution in [0.25, 0.3) is 11.1 Å². The molecule has 5 rings (SSSR count). The highest BCUT2D eigenvalue weighted by Crippen LogP contribution is 2.52. The topological polar surface area (TPSA) is 91.6 Å². The number of nitrogens with zero attached hydrogens (tertiary/aromatic N) is 2. The van der Waals surface area contributed by atoms with Crippen molar-refractivity contribution >= 4 is 11.9 Å². The van der Waals surface area contributed by atoms with Crippen molar-refractivity contribution in [1.29, 1.82) is 0 Å². The average molecular weight is 702 g/mol. The Hall–Kier alpha value is -4.06. The Morgan fingerprint density at radius 1 is 0.960 bits per heavy atom. The van der Waals surface area contributed by atoms with E-state index in [0.717, 1.165) is 42.3 Å². The Morgan fingerprint density at radius 2 is 1.58 bits per heavy atom. The average Bonchev–Trinajstić information content (AvgIpc) is 3.77. The number of aliphatic carboxylic acids is 1. The highest BCUT2D eigenvalue weighted by atomic mass is 19.4. The molecule has 2 heterocycles. The summed E-state index contributed by atoms with van der Waals surface area (Å²) in [6.07, 6.45) is -2.45. The molecule has 2 aromatic carbocycles. The van der Waals surface area contributed by atoms with Crippen molar-refractivity contribution < 1.29 is 36.6 Å². The Bertz CT molecular complexity index is 1850. The van der Waals surface area contributed by atoms with Gasteiger partial charge in [-0.25, -0.2) is 8.78 Å². The third-order valence-corrected chi connectivity index (χ3v) is 9.98. The first-order valence-corrected chi connectivity index (χ1v) is 16.9. The Balaban J connectivity index is 1.54. The fraction of sp³-hybridized carbons (Fsp3) is 0.500. The number of halogens is 5. The zero-order valence-corrected chi connectivity index (χ0v) is 29.2. The number of benzene rings is 2. The maximum Gasteiger partial charge on any atom is 0.416 e. The van der Waals surface area contributed by atoms with Gasteiger partial charge in [0.15, 0.2) is 0 Å². The van der Waals surface area contributed by atoms with Gasteiger partial charge in [0.25, 0.3) is 5.56 Å². The Kier molecular flexibility index (Phi) is 10.4. The minimum Gasteiger partial charge on any atom is -0.481 e. The lowest BCUT2D eigenvalue weighted by Crippen LogP contribution is -2.49. The molecule has 2 aliphatic rings. The molecule has 2 fully saturated rings. The lowest BCUT2D eigenvalue weighted by atomic mass is 9.88. The number of hydrogen-bond donors (Lipinski definition) is 2. The largest absolute Gasteiger partial charge is 0.481 e. The maximum absolute atomic E-state index is 16.5. The van der Waals surface area contributed by atoms with Crippen molar-refractivity contribution in [1.82, 2.24) is 14.8 Å². The monoisotopic (exact) mass is 701 g/mol. The molecule has 3 aromatic rings. The minimum absolute atomic E-state index is 0.0107. The first-order valence-electron chi connectivity index (χ1n) is 16.9. The molecule has 50 heavy (non-hydrogen) atoms. The van der Waals surface area contributed by atoms with E-state index in [-0.39, 0.29) is 35.4 Å². The lowest BCUT2D eigenvalue weighted by Gasteiger charge is -2.40. The van der Waals surface area contributed by atoms with Crippen LogP contribution in [0.4, 0.5) is 22.0 Å². The van der Waals surface area contributed by atoms with Gasteiger partial charge < -0.3 is 19.9 Å². The van der Waals surface area contributed by atoms with E-state index >= 15 is 8.78 Å². The van der Waals surface area contributed by atoms with Gasteiger partial charge in [0.1, 0.15) is 17.7 Å². The number of aromatic nitrogens is 1. The Morgan fingerprint density at radius 3 is 2.12 bits per heavy atom. The van der Waals surface area contributed by atoms with E-state index in [4.69, 9.17) is 0 Å². The number of nitrogens with one attached hydrogen (secondary N) is 1. The SMILES string of the molecule is Cc1cc(C)c(-c2cc(C)c(F)c(C(CC(=O)O)NC(=O)C(CC(C)C)n3cc(CCN4CC5(CC5)C4)c(C(F)(F)F)cc3=O)c2F)c(C)c1. The summed E-state index contributed by atoms with van der Waals surface area (Å²) < 4.78 is 75.7. The predicted octanol–water partition coefficient (Wildman–Crippen LogP) is 7.60. The van der Waals surface area contributed by atoms with Gasteiger partial charge in [-0.15, -0.1) is 0 Å². The van der Waals surface area contributed by atoms with Crippen LogP contribution in [0.15, 0.2) is 35.3 Å². The van der Waals surface area contributed by atoms with E-state index in [2.05, 4.69) is 10.2 Å². The van der Waals surface area contributed by atoms with Gasteiger partial charge in [-0.05, 0) is 98.6 Å². The van der Waals surface area contributed by atoms with Gasteiger partial charge in [-0.1, -0.05) is 31.5 Å². The third-order valence-electron chi connectivity index (χ3n) is 9.98. The second-order valence-corrected chi connectivity index (χ2v) is 14.8. The molecule has 0 radical (unpaired) electrons. The molecule has 0 bridgehead atoms. The number of carboxylic acids is 1. The summed E-state index contributed by atoms with van der Waals surface area (Å²) in [7, 11) is 0. The summed E-state index contributed by atoms with van der Waals surface area (Å²) in [5, 5.41) is 12.3. The third kappa shape index (κ3) is 7.80. The van der Waals surface area contributed by atoms with E-state index in [9.17, 15) is 32.7 Å². The van der Waals surface area contributed by atoms with E-state index in [1.807, 2.05) is 19.1 Å². The quantitative estimate of drug-likeness (QED) is 0.190. The van der Waals surface area contributed by atoms with Crippen molar-refractivity contribution in [2.24, 2.45) is 11.3 Å². The molecule has 12 heteroatoms. The van der Waals surface area contributed by atoms with Crippen LogP contribution < -0.4 is 10.9 Å². The smallest absolute Gasteiger partial charge is 0.416 e. The zero-order valence-electron chi connectivity index (χ0n) is 29.2. The second kappa shape index (κ2) is 13.9. The summed E-state index contributed by atoms with van der Waals surface area (Å²) in [5.41, 5.74) is 0.281. The minimum atomic E-state index is -4.81. The van der Waals surface area contributed by atoms with E-state index in [1.54, 1.807) is 27.7 Å². The van der Waals surface area contributed by atoms with Crippen LogP contribution in [0.5, 0.6) is 0 Å². The molecule has 270 valence electrons. The predicted molar refractivity (Wildman–Crippen MR) is 180 cm³/mol. The highest BCUT2D eigenvalue weighted by molar-refractivity contribution is 5.82. The molecular formula is C38H44F5N3O4. The molecule has 1 aliphatic heterocycles. The number of carboxylic acid groups (broad SMARTS) is 1. The van der Waals surface area contributed by atoms with Gasteiger partial charge in [0.05, 0.1) is 18.0 Å². The van der Waals surface area contributed by atoms with Gasteiger partial charge in [-0.3, -0.25) is 14.4 Å². The van der Waals surface area contributed by atoms with Crippen LogP contribution in [0.2, 0.25) is 0 Å². The van der Waals surface area contributed by atoms with Crippen LogP contribution in [0.1, 0.15) is 90.6 Å². The Labute approximate surface area is 288 Å². The van der Waals surface area contributed by atoms with Crippen LogP contribution in [-0.4, -0.2) is 46.1 Å². The fourth-order valence-corrected chi connectivity index (χ4v) is 7.48. The lowest BCUT2D eigenvalue weighted by molar-refractivity contribution is -0.139. The number of carbonyl (C=O) groups is 2. The number of likely N-dealkylation sites (tertiary alicyclic amines) is 1. The van der Waals surface area contributed by atoms with Crippen molar-refractivity contribution in [2.75, 3.05) is 19.6 Å². The molecule has 7 nitrogen and oxygen atoms in total. The summed E-state index contributed by atoms with van der Waals surface area (Å²) in [5.74, 6) is -4.71. The number of rotatable bonds is 12. The van der Waals surface area contributed by atoms with Crippen molar-refractivity contribution in [3.8, 4) is 11.1 Å². The first-order chi connectivity index (χ1) is 23.3. The van der Waals surface area contributed by atoms with Gasteiger partial charge in [0, 0.05) is 43.0 Å². The van der Waals surface area contributed by atoms with Crippen LogP contribution >= 0.6 is 0 Å². The number of aryl methyl sites for hydroxylation is 4. The molecular weight excluding hydrogens is 657 g/mol. The van der Waals surface area contributed by atoms with E-state index < -0.39 is 64.9 Å². The van der Waals surface area contributed by atoms with Crippen molar-refractivity contribution in [3.63, 3.8) is 0 Å². The van der Waals surface area contributed by atoms with Crippen LogP contribution in [0, 0.1) is 50.7 Å². The van der Waals surface area contributed by atoms with Gasteiger partial charge >= 0.3 is 12.1 Å². The highest BCUT2D eigenvalue weighted by Gasteiger charge is 2.51. The molecule has 1 amide bonds. The molecule has 1 aliphatic carbocycles. The number of alkyl halides is 3. The van der Waals surface area contributed by atoms with Crippen LogP contribution in [-0.2, 0) is 22.2 Å². The molecule has 1 saturated heterocycles. The number of hydrogen-bond acceptors (Lipinski definition) is 4. The molecule has 1 saturated carbocycles. The molecule has 2 N–H and O–H groups in total. The van der Waals surface area contributed by atoms with Crippen LogP contribution in [0.3, 0.4) is 0 Å².